The summed E-state index contributed by atoms with van der Waals surface area (Å²) >= 11 is 0. The van der Waals surface area contributed by atoms with E-state index in [1.54, 1.807) is 0 Å². The molecular weight excluding hydrogens is 188 g/mol. The maximum absolute atomic E-state index is 11.2. The highest BCUT2D eigenvalue weighted by atomic mass is 31.2. The zero-order valence-electron chi connectivity index (χ0n) is 5.08. The summed E-state index contributed by atoms with van der Waals surface area (Å²) in [5.74, 6) is 0. The van der Waals surface area contributed by atoms with Gasteiger partial charge in [-0.1, -0.05) is 0 Å². The predicted molar refractivity (Wildman–Crippen MR) is 28.4 cm³/mol. The minimum Gasteiger partial charge on any atom is -0.303 e. The first-order valence-electron chi connectivity index (χ1n) is 2.32. The van der Waals surface area contributed by atoms with E-state index < -0.39 is 20.6 Å². The van der Waals surface area contributed by atoms with E-state index in [1.165, 1.54) is 0 Å². The average Bonchev–Trinajstić information content (AvgIpc) is 1.55. The van der Waals surface area contributed by atoms with Gasteiger partial charge in [0.05, 0.1) is 13.0 Å². The molecule has 0 bridgehead atoms. The molecule has 0 saturated heterocycles. The van der Waals surface area contributed by atoms with E-state index in [4.69, 9.17) is 9.79 Å². The molecule has 0 spiro atoms. The molecular formula is C3H5F3O4P. The minimum absolute atomic E-state index is 0.300. The fraction of sp³-hybridized carbons (Fsp3) is 0.667. The number of alkyl halides is 3. The van der Waals surface area contributed by atoms with Gasteiger partial charge in [-0.25, -0.2) is 4.57 Å². The zero-order valence-corrected chi connectivity index (χ0v) is 5.97. The quantitative estimate of drug-likeness (QED) is 0.652. The smallest absolute Gasteiger partial charge is 0.303 e. The van der Waals surface area contributed by atoms with Gasteiger partial charge in [-0.3, -0.25) is 4.52 Å². The summed E-state index contributed by atoms with van der Waals surface area (Å²) < 4.78 is 47.0. The van der Waals surface area contributed by atoms with Crippen LogP contribution in [0.4, 0.5) is 13.2 Å². The Labute approximate surface area is 60.2 Å². The summed E-state index contributed by atoms with van der Waals surface area (Å²) in [6.45, 7) is -1.15. The fourth-order valence-electron chi connectivity index (χ4n) is 0.229. The van der Waals surface area contributed by atoms with Crippen molar-refractivity contribution in [2.75, 3.05) is 6.61 Å². The average molecular weight is 193 g/mol. The minimum atomic E-state index is -4.78. The van der Waals surface area contributed by atoms with Crippen molar-refractivity contribution in [3.63, 3.8) is 0 Å². The predicted octanol–water partition coefficient (Wildman–Crippen LogP) is 0.862. The molecule has 0 saturated carbocycles. The van der Waals surface area contributed by atoms with E-state index in [-0.39, 0.29) is 6.42 Å². The number of hydrogen-bond donors (Lipinski definition) is 2. The summed E-state index contributed by atoms with van der Waals surface area (Å²) in [6.07, 6.45) is -4.87. The third-order valence-corrected chi connectivity index (χ3v) is 1.04. The Balaban J connectivity index is 3.52. The third kappa shape index (κ3) is 9.90. The van der Waals surface area contributed by atoms with Crippen molar-refractivity contribution in [2.24, 2.45) is 0 Å². The van der Waals surface area contributed by atoms with Gasteiger partial charge in [0.1, 0.15) is 0 Å². The van der Waals surface area contributed by atoms with E-state index in [9.17, 15) is 17.7 Å². The summed E-state index contributed by atoms with van der Waals surface area (Å²) in [6, 6.07) is 0. The molecule has 0 fully saturated rings. The van der Waals surface area contributed by atoms with Crippen molar-refractivity contribution in [2.45, 2.75) is 6.18 Å². The Morgan fingerprint density at radius 2 is 1.91 bits per heavy atom. The van der Waals surface area contributed by atoms with Crippen molar-refractivity contribution < 1.29 is 32.0 Å². The second-order valence-electron chi connectivity index (χ2n) is 1.53. The molecule has 11 heavy (non-hydrogen) atoms. The number of halogens is 3. The second-order valence-corrected chi connectivity index (χ2v) is 2.77. The van der Waals surface area contributed by atoms with Gasteiger partial charge in [-0.05, 0) is 0 Å². The van der Waals surface area contributed by atoms with Crippen LogP contribution in [0.2, 0.25) is 0 Å². The van der Waals surface area contributed by atoms with Gasteiger partial charge in [0, 0.05) is 0 Å². The lowest BCUT2D eigenvalue weighted by Gasteiger charge is -2.06. The van der Waals surface area contributed by atoms with Crippen LogP contribution in [0.1, 0.15) is 0 Å². The maximum Gasteiger partial charge on any atom is 0.469 e. The lowest BCUT2D eigenvalue weighted by molar-refractivity contribution is -0.101. The molecule has 0 aromatic carbocycles. The second kappa shape index (κ2) is 3.53. The van der Waals surface area contributed by atoms with Crippen molar-refractivity contribution in [1.29, 1.82) is 0 Å². The molecule has 0 aliphatic rings. The van der Waals surface area contributed by atoms with Gasteiger partial charge in [0.2, 0.25) is 0 Å². The van der Waals surface area contributed by atoms with Crippen molar-refractivity contribution in [1.82, 2.24) is 0 Å². The van der Waals surface area contributed by atoms with Gasteiger partial charge >= 0.3 is 14.0 Å². The van der Waals surface area contributed by atoms with Crippen LogP contribution in [0.15, 0.2) is 0 Å². The number of hydrogen-bond acceptors (Lipinski definition) is 2. The first kappa shape index (κ1) is 10.9. The summed E-state index contributed by atoms with van der Waals surface area (Å²) in [5.41, 5.74) is 0. The van der Waals surface area contributed by atoms with Crippen molar-refractivity contribution in [3.8, 4) is 0 Å². The van der Waals surface area contributed by atoms with Crippen molar-refractivity contribution in [3.05, 3.63) is 6.42 Å². The zero-order chi connectivity index (χ0) is 9.12. The van der Waals surface area contributed by atoms with Crippen LogP contribution in [-0.2, 0) is 9.09 Å². The summed E-state index contributed by atoms with van der Waals surface area (Å²) in [7, 11) is -4.78. The van der Waals surface area contributed by atoms with E-state index >= 15 is 0 Å². The topological polar surface area (TPSA) is 66.8 Å². The van der Waals surface area contributed by atoms with Gasteiger partial charge in [-0.2, -0.15) is 13.2 Å². The molecule has 67 valence electrons. The lowest BCUT2D eigenvalue weighted by atomic mass is 10.5. The van der Waals surface area contributed by atoms with Gasteiger partial charge < -0.3 is 9.79 Å². The van der Waals surface area contributed by atoms with Crippen LogP contribution in [0.5, 0.6) is 0 Å². The van der Waals surface area contributed by atoms with Crippen molar-refractivity contribution >= 4 is 7.82 Å². The molecule has 0 heterocycles. The molecule has 0 amide bonds. The van der Waals surface area contributed by atoms with Crippen LogP contribution in [0.25, 0.3) is 0 Å². The van der Waals surface area contributed by atoms with E-state index in [0.717, 1.165) is 0 Å². The highest BCUT2D eigenvalue weighted by molar-refractivity contribution is 7.46. The molecule has 1 radical (unpaired) electrons. The molecule has 0 aliphatic heterocycles. The fourth-order valence-corrected chi connectivity index (χ4v) is 0.498. The molecule has 0 unspecified atom stereocenters. The third-order valence-electron chi connectivity index (χ3n) is 0.557. The first-order chi connectivity index (χ1) is 4.71. The van der Waals surface area contributed by atoms with Crippen LogP contribution in [-0.4, -0.2) is 22.6 Å². The first-order valence-corrected chi connectivity index (χ1v) is 3.85. The number of phosphoric acid groups is 1. The highest BCUT2D eigenvalue weighted by Crippen LogP contribution is 2.36. The van der Waals surface area contributed by atoms with Gasteiger partial charge in [0.25, 0.3) is 0 Å². The standard InChI is InChI=1S/C3H5F3O4P/c4-3(5,6)1-2-10-11(7,8)9/h1H,2H2,(H2,7,8,9). The molecule has 8 heteroatoms. The van der Waals surface area contributed by atoms with Gasteiger partial charge in [-0.15, -0.1) is 0 Å². The Morgan fingerprint density at radius 3 is 2.18 bits per heavy atom. The number of phosphoric ester groups is 1. The van der Waals surface area contributed by atoms with E-state index in [0.29, 0.717) is 0 Å². The molecule has 2 N–H and O–H groups in total. The maximum atomic E-state index is 11.2. The molecule has 0 atom stereocenters. The monoisotopic (exact) mass is 193 g/mol. The van der Waals surface area contributed by atoms with E-state index in [2.05, 4.69) is 4.52 Å². The molecule has 0 aliphatic carbocycles. The Kier molecular flexibility index (Phi) is 3.50. The number of rotatable bonds is 3. The normalized spacial score (nSPS) is 13.5. The molecule has 0 aromatic rings. The van der Waals surface area contributed by atoms with Crippen LogP contribution in [0.3, 0.4) is 0 Å². The lowest BCUT2D eigenvalue weighted by Crippen LogP contribution is -2.11. The van der Waals surface area contributed by atoms with E-state index in [1.807, 2.05) is 0 Å². The Morgan fingerprint density at radius 1 is 1.45 bits per heavy atom. The van der Waals surface area contributed by atoms with Gasteiger partial charge in [0.15, 0.2) is 0 Å². The summed E-state index contributed by atoms with van der Waals surface area (Å²) in [4.78, 5) is 15.8. The van der Waals surface area contributed by atoms with Crippen LogP contribution in [0, 0.1) is 6.42 Å². The SMILES string of the molecule is O=P(O)(O)OC[CH]C(F)(F)F. The largest absolute Gasteiger partial charge is 0.469 e. The Bertz CT molecular complexity index is 160. The molecule has 4 nitrogen and oxygen atoms in total. The molecule has 0 rings (SSSR count). The summed E-state index contributed by atoms with van der Waals surface area (Å²) in [5, 5.41) is 0. The Hall–Kier alpha value is -0.100. The highest BCUT2D eigenvalue weighted by Gasteiger charge is 2.28. The molecule has 0 aromatic heterocycles. The van der Waals surface area contributed by atoms with Crippen LogP contribution >= 0.6 is 7.82 Å². The van der Waals surface area contributed by atoms with Crippen LogP contribution < -0.4 is 0 Å².